The Morgan fingerprint density at radius 3 is 2.82 bits per heavy atom. The highest BCUT2D eigenvalue weighted by Crippen LogP contribution is 2.31. The van der Waals surface area contributed by atoms with Gasteiger partial charge in [-0.05, 0) is 67.9 Å². The first-order valence-electron chi connectivity index (χ1n) is 13.1. The number of aromatic amines is 1. The van der Waals surface area contributed by atoms with Crippen LogP contribution in [-0.4, -0.2) is 57.0 Å². The van der Waals surface area contributed by atoms with Crippen molar-refractivity contribution >= 4 is 22.5 Å². The average Bonchev–Trinajstić information content (AvgIpc) is 3.52. The molecule has 2 aromatic carbocycles. The molecule has 1 atom stereocenters. The Bertz CT molecular complexity index is 1680. The molecule has 5 aromatic rings. The summed E-state index contributed by atoms with van der Waals surface area (Å²) in [5.74, 6) is 0.497. The predicted molar refractivity (Wildman–Crippen MR) is 143 cm³/mol. The van der Waals surface area contributed by atoms with Gasteiger partial charge in [0.05, 0.1) is 42.2 Å². The summed E-state index contributed by atoms with van der Waals surface area (Å²) in [6.45, 7) is 3.50. The van der Waals surface area contributed by atoms with E-state index >= 15 is 0 Å². The molecule has 0 amide bonds. The van der Waals surface area contributed by atoms with Gasteiger partial charge in [0.15, 0.2) is 5.65 Å². The van der Waals surface area contributed by atoms with Crippen molar-refractivity contribution < 1.29 is 9.13 Å². The van der Waals surface area contributed by atoms with Crippen molar-refractivity contribution in [3.63, 3.8) is 0 Å². The summed E-state index contributed by atoms with van der Waals surface area (Å²) in [6, 6.07) is 16.6. The van der Waals surface area contributed by atoms with Gasteiger partial charge in [0.2, 0.25) is 0 Å². The summed E-state index contributed by atoms with van der Waals surface area (Å²) in [4.78, 5) is 22.6. The van der Waals surface area contributed by atoms with Crippen molar-refractivity contribution in [2.24, 2.45) is 0 Å². The molecule has 1 unspecified atom stereocenters. The molecule has 5 heterocycles. The van der Waals surface area contributed by atoms with Crippen molar-refractivity contribution in [3.05, 3.63) is 82.7 Å². The van der Waals surface area contributed by atoms with E-state index in [-0.39, 0.29) is 23.6 Å². The first-order valence-corrected chi connectivity index (χ1v) is 13.1. The standard InChI is InChI=1S/C28H28FN7O2/c29-20-3-1-2-18(14-20)25-17-38-13-12-34(25)27-7-6-26-31-16-24(36(26)33-27)19-4-5-23-22(15-19)32-28(37)35(23)21-8-10-30-11-9-21/h1-7,14-16,21,25,30H,8-13,17H2,(H,32,37). The lowest BCUT2D eigenvalue weighted by Crippen LogP contribution is -2.40. The van der Waals surface area contributed by atoms with Gasteiger partial charge in [0.25, 0.3) is 0 Å². The zero-order valence-electron chi connectivity index (χ0n) is 20.8. The maximum absolute atomic E-state index is 14.0. The number of H-pyrrole nitrogens is 1. The number of piperidine rings is 1. The maximum atomic E-state index is 14.0. The highest BCUT2D eigenvalue weighted by Gasteiger charge is 2.27. The lowest BCUT2D eigenvalue weighted by molar-refractivity contribution is 0.0935. The number of rotatable bonds is 4. The van der Waals surface area contributed by atoms with Crippen molar-refractivity contribution in [3.8, 4) is 11.3 Å². The SMILES string of the molecule is O=c1[nH]c2cc(-c3cnc4ccc(N5CCOCC5c5cccc(F)c5)nn34)ccc2n1C1CCNCC1. The van der Waals surface area contributed by atoms with Crippen LogP contribution < -0.4 is 15.9 Å². The van der Waals surface area contributed by atoms with Crippen LogP contribution in [0.2, 0.25) is 0 Å². The van der Waals surface area contributed by atoms with Gasteiger partial charge in [-0.2, -0.15) is 0 Å². The Morgan fingerprint density at radius 2 is 1.95 bits per heavy atom. The molecule has 0 saturated carbocycles. The Morgan fingerprint density at radius 1 is 1.05 bits per heavy atom. The Balaban J connectivity index is 1.27. The number of imidazole rings is 2. The quantitative estimate of drug-likeness (QED) is 0.381. The second-order valence-corrected chi connectivity index (χ2v) is 9.96. The van der Waals surface area contributed by atoms with Crippen LogP contribution in [0.1, 0.15) is 30.5 Å². The third-order valence-electron chi connectivity index (χ3n) is 7.69. The second-order valence-electron chi connectivity index (χ2n) is 9.96. The molecule has 2 saturated heterocycles. The molecule has 2 fully saturated rings. The van der Waals surface area contributed by atoms with E-state index in [0.717, 1.165) is 65.3 Å². The molecule has 0 spiro atoms. The number of halogens is 1. The van der Waals surface area contributed by atoms with Crippen molar-refractivity contribution in [2.75, 3.05) is 37.7 Å². The molecule has 194 valence electrons. The zero-order valence-corrected chi connectivity index (χ0v) is 20.8. The van der Waals surface area contributed by atoms with E-state index in [0.29, 0.717) is 19.8 Å². The molecule has 9 nitrogen and oxygen atoms in total. The highest BCUT2D eigenvalue weighted by atomic mass is 19.1. The van der Waals surface area contributed by atoms with Crippen LogP contribution in [0.3, 0.4) is 0 Å². The second kappa shape index (κ2) is 9.38. The van der Waals surface area contributed by atoms with Crippen LogP contribution in [0.25, 0.3) is 27.9 Å². The smallest absolute Gasteiger partial charge is 0.326 e. The van der Waals surface area contributed by atoms with Gasteiger partial charge < -0.3 is 19.9 Å². The van der Waals surface area contributed by atoms with Gasteiger partial charge in [-0.3, -0.25) is 4.57 Å². The number of ether oxygens (including phenoxy) is 1. The van der Waals surface area contributed by atoms with Gasteiger partial charge in [0.1, 0.15) is 11.6 Å². The number of morpholine rings is 1. The molecule has 2 N–H and O–H groups in total. The summed E-state index contributed by atoms with van der Waals surface area (Å²) >= 11 is 0. The van der Waals surface area contributed by atoms with Gasteiger partial charge in [-0.1, -0.05) is 18.2 Å². The molecule has 7 rings (SSSR count). The summed E-state index contributed by atoms with van der Waals surface area (Å²) in [7, 11) is 0. The molecular formula is C28H28FN7O2. The summed E-state index contributed by atoms with van der Waals surface area (Å²) in [5.41, 5.74) is 4.96. The predicted octanol–water partition coefficient (Wildman–Crippen LogP) is 3.68. The zero-order chi connectivity index (χ0) is 25.6. The molecule has 0 bridgehead atoms. The average molecular weight is 514 g/mol. The first kappa shape index (κ1) is 23.1. The first-order chi connectivity index (χ1) is 18.7. The summed E-state index contributed by atoms with van der Waals surface area (Å²) in [5, 5.41) is 8.32. The van der Waals surface area contributed by atoms with Crippen molar-refractivity contribution in [1.29, 1.82) is 0 Å². The minimum absolute atomic E-state index is 0.0710. The van der Waals surface area contributed by atoms with E-state index < -0.39 is 0 Å². The van der Waals surface area contributed by atoms with E-state index in [1.54, 1.807) is 18.3 Å². The maximum Gasteiger partial charge on any atom is 0.326 e. The largest absolute Gasteiger partial charge is 0.377 e. The molecule has 2 aliphatic heterocycles. The molecule has 10 heteroatoms. The number of nitrogens with one attached hydrogen (secondary N) is 2. The summed E-state index contributed by atoms with van der Waals surface area (Å²) < 4.78 is 23.5. The molecule has 0 radical (unpaired) electrons. The Kier molecular flexibility index (Phi) is 5.70. The van der Waals surface area contributed by atoms with Crippen LogP contribution in [0.15, 0.2) is 65.6 Å². The van der Waals surface area contributed by atoms with E-state index in [1.165, 1.54) is 6.07 Å². The fourth-order valence-corrected chi connectivity index (χ4v) is 5.80. The van der Waals surface area contributed by atoms with Crippen LogP contribution >= 0.6 is 0 Å². The number of hydrogen-bond donors (Lipinski definition) is 2. The number of hydrogen-bond acceptors (Lipinski definition) is 6. The van der Waals surface area contributed by atoms with Gasteiger partial charge in [-0.25, -0.2) is 18.7 Å². The van der Waals surface area contributed by atoms with E-state index in [4.69, 9.17) is 9.84 Å². The molecule has 0 aliphatic carbocycles. The fraction of sp³-hybridized carbons (Fsp3) is 0.321. The highest BCUT2D eigenvalue weighted by molar-refractivity contribution is 5.82. The number of fused-ring (bicyclic) bond motifs is 2. The van der Waals surface area contributed by atoms with E-state index in [1.807, 2.05) is 45.5 Å². The van der Waals surface area contributed by atoms with Crippen LogP contribution in [0, 0.1) is 5.82 Å². The van der Waals surface area contributed by atoms with Crippen LogP contribution in [0.4, 0.5) is 10.2 Å². The topological polar surface area (TPSA) is 92.5 Å². The molecule has 2 aliphatic rings. The number of aromatic nitrogens is 5. The number of nitrogens with zero attached hydrogens (tertiary/aromatic N) is 5. The summed E-state index contributed by atoms with van der Waals surface area (Å²) in [6.07, 6.45) is 3.68. The van der Waals surface area contributed by atoms with E-state index in [9.17, 15) is 9.18 Å². The Labute approximate surface area is 217 Å². The minimum Gasteiger partial charge on any atom is -0.377 e. The van der Waals surface area contributed by atoms with Crippen LogP contribution in [0.5, 0.6) is 0 Å². The number of anilines is 1. The monoisotopic (exact) mass is 513 g/mol. The third kappa shape index (κ3) is 3.97. The van der Waals surface area contributed by atoms with Crippen molar-refractivity contribution in [1.82, 2.24) is 29.5 Å². The number of benzene rings is 2. The van der Waals surface area contributed by atoms with Gasteiger partial charge in [-0.15, -0.1) is 5.10 Å². The minimum atomic E-state index is -0.268. The molecule has 38 heavy (non-hydrogen) atoms. The molecular weight excluding hydrogens is 485 g/mol. The third-order valence-corrected chi connectivity index (χ3v) is 7.69. The normalized spacial score (nSPS) is 19.0. The Hall–Kier alpha value is -4.02. The molecule has 3 aromatic heterocycles. The lowest BCUT2D eigenvalue weighted by atomic mass is 10.0. The van der Waals surface area contributed by atoms with Gasteiger partial charge in [0, 0.05) is 18.2 Å². The van der Waals surface area contributed by atoms with Crippen molar-refractivity contribution in [2.45, 2.75) is 24.9 Å². The fourth-order valence-electron chi connectivity index (χ4n) is 5.80. The van der Waals surface area contributed by atoms with Crippen LogP contribution in [-0.2, 0) is 4.74 Å². The lowest BCUT2D eigenvalue weighted by Gasteiger charge is -2.36. The van der Waals surface area contributed by atoms with E-state index in [2.05, 4.69) is 20.2 Å². The van der Waals surface area contributed by atoms with Gasteiger partial charge >= 0.3 is 5.69 Å².